The maximum atomic E-state index is 13.4. The summed E-state index contributed by atoms with van der Waals surface area (Å²) < 4.78 is 13.4. The van der Waals surface area contributed by atoms with E-state index in [1.54, 1.807) is 0 Å². The number of hydrogen-bond acceptors (Lipinski definition) is 3. The van der Waals surface area contributed by atoms with Gasteiger partial charge in [0, 0.05) is 11.6 Å². The Morgan fingerprint density at radius 2 is 1.92 bits per heavy atom. The third-order valence-corrected chi connectivity index (χ3v) is 4.43. The Labute approximate surface area is 148 Å². The number of aldehydes is 1. The van der Waals surface area contributed by atoms with Crippen LogP contribution in [0.25, 0.3) is 0 Å². The van der Waals surface area contributed by atoms with Gasteiger partial charge >= 0.3 is 11.8 Å². The second-order valence-electron chi connectivity index (χ2n) is 5.74. The monoisotopic (exact) mass is 360 g/mol. The van der Waals surface area contributed by atoms with E-state index < -0.39 is 29.6 Å². The summed E-state index contributed by atoms with van der Waals surface area (Å²) in [5.41, 5.74) is 1.89. The zero-order valence-corrected chi connectivity index (χ0v) is 13.7. The number of fused-ring (bicyclic) bond motifs is 1. The first-order valence-corrected chi connectivity index (χ1v) is 7.97. The molecule has 0 spiro atoms. The fraction of sp³-hybridized carbons (Fsp3) is 0.167. The summed E-state index contributed by atoms with van der Waals surface area (Å²) in [4.78, 5) is 35.5. The van der Waals surface area contributed by atoms with Crippen LogP contribution in [0.4, 0.5) is 10.1 Å². The van der Waals surface area contributed by atoms with E-state index in [1.165, 1.54) is 12.1 Å². The molecule has 0 fully saturated rings. The summed E-state index contributed by atoms with van der Waals surface area (Å²) in [6.45, 7) is 0. The van der Waals surface area contributed by atoms with Gasteiger partial charge in [-0.25, -0.2) is 4.39 Å². The lowest BCUT2D eigenvalue weighted by atomic mass is 10.0. The van der Waals surface area contributed by atoms with Crippen molar-refractivity contribution in [3.63, 3.8) is 0 Å². The molecule has 1 aliphatic rings. The Balaban J connectivity index is 1.71. The lowest BCUT2D eigenvalue weighted by molar-refractivity contribution is -0.137. The van der Waals surface area contributed by atoms with Crippen LogP contribution in [0.2, 0.25) is 5.02 Å². The van der Waals surface area contributed by atoms with E-state index in [0.29, 0.717) is 6.42 Å². The Hall–Kier alpha value is -2.73. The predicted molar refractivity (Wildman–Crippen MR) is 90.6 cm³/mol. The van der Waals surface area contributed by atoms with E-state index in [0.717, 1.165) is 23.5 Å². The van der Waals surface area contributed by atoms with Crippen molar-refractivity contribution in [3.05, 3.63) is 64.4 Å². The number of benzene rings is 2. The van der Waals surface area contributed by atoms with E-state index in [4.69, 9.17) is 11.6 Å². The van der Waals surface area contributed by atoms with Crippen LogP contribution in [0.1, 0.15) is 17.2 Å². The number of anilines is 1. The number of halogens is 2. The third kappa shape index (κ3) is 3.53. The predicted octanol–water partition coefficient (Wildman–Crippen LogP) is 2.65. The fourth-order valence-corrected chi connectivity index (χ4v) is 3.02. The second kappa shape index (κ2) is 7.03. The minimum Gasteiger partial charge on any atom is -0.340 e. The van der Waals surface area contributed by atoms with Crippen molar-refractivity contribution in [1.82, 2.24) is 5.32 Å². The van der Waals surface area contributed by atoms with Crippen LogP contribution in [0.3, 0.4) is 0 Å². The van der Waals surface area contributed by atoms with Crippen molar-refractivity contribution >= 4 is 35.4 Å². The first-order chi connectivity index (χ1) is 12.0. The standard InChI is InChI=1S/C18H14ClFN2O3/c19-14-6-5-12(8-15(14)20)21-17(24)18(25)22-16-11(9-23)7-10-3-1-2-4-13(10)16/h1-6,8-9,11,16H,7H2,(H,21,24)(H,22,25)/t11-,16?/m0/s1. The smallest absolute Gasteiger partial charge is 0.313 e. The van der Waals surface area contributed by atoms with Gasteiger partial charge in [-0.1, -0.05) is 35.9 Å². The first kappa shape index (κ1) is 17.1. The normalized spacial score (nSPS) is 18.3. The molecule has 0 aliphatic heterocycles. The molecule has 5 nitrogen and oxygen atoms in total. The number of carbonyl (C=O) groups excluding carboxylic acids is 3. The van der Waals surface area contributed by atoms with Crippen molar-refractivity contribution in [2.24, 2.45) is 5.92 Å². The molecule has 3 rings (SSSR count). The summed E-state index contributed by atoms with van der Waals surface area (Å²) in [6, 6.07) is 10.5. The molecule has 2 atom stereocenters. The summed E-state index contributed by atoms with van der Waals surface area (Å²) in [5, 5.41) is 4.80. The Bertz CT molecular complexity index is 856. The van der Waals surface area contributed by atoms with Crippen LogP contribution in [0.15, 0.2) is 42.5 Å². The van der Waals surface area contributed by atoms with E-state index in [2.05, 4.69) is 10.6 Å². The van der Waals surface area contributed by atoms with Crippen LogP contribution >= 0.6 is 11.6 Å². The number of carbonyl (C=O) groups is 3. The minimum absolute atomic E-state index is 0.0844. The average Bonchev–Trinajstić information content (AvgIpc) is 2.96. The molecule has 2 N–H and O–H groups in total. The van der Waals surface area contributed by atoms with Crippen molar-refractivity contribution < 1.29 is 18.8 Å². The van der Waals surface area contributed by atoms with Gasteiger partial charge in [0.1, 0.15) is 12.1 Å². The van der Waals surface area contributed by atoms with E-state index in [1.807, 2.05) is 24.3 Å². The highest BCUT2D eigenvalue weighted by atomic mass is 35.5. The maximum absolute atomic E-state index is 13.4. The van der Waals surface area contributed by atoms with E-state index in [-0.39, 0.29) is 10.7 Å². The lowest BCUT2D eigenvalue weighted by Crippen LogP contribution is -2.39. The quantitative estimate of drug-likeness (QED) is 0.652. The summed E-state index contributed by atoms with van der Waals surface area (Å²) in [5.74, 6) is -2.98. The molecule has 0 heterocycles. The van der Waals surface area contributed by atoms with Crippen molar-refractivity contribution in [2.75, 3.05) is 5.32 Å². The Morgan fingerprint density at radius 3 is 2.64 bits per heavy atom. The van der Waals surface area contributed by atoms with Gasteiger partial charge in [-0.2, -0.15) is 0 Å². The molecule has 0 saturated heterocycles. The molecule has 7 heteroatoms. The van der Waals surface area contributed by atoms with Gasteiger partial charge in [0.05, 0.1) is 11.1 Å². The lowest BCUT2D eigenvalue weighted by Gasteiger charge is -2.17. The maximum Gasteiger partial charge on any atom is 0.313 e. The number of nitrogens with one attached hydrogen (secondary N) is 2. The molecule has 2 aromatic carbocycles. The highest BCUT2D eigenvalue weighted by Crippen LogP contribution is 2.34. The molecule has 0 bridgehead atoms. The number of hydrogen-bond donors (Lipinski definition) is 2. The molecule has 1 unspecified atom stereocenters. The van der Waals surface area contributed by atoms with E-state index in [9.17, 15) is 18.8 Å². The van der Waals surface area contributed by atoms with Gasteiger partial charge in [0.15, 0.2) is 0 Å². The second-order valence-corrected chi connectivity index (χ2v) is 6.14. The first-order valence-electron chi connectivity index (χ1n) is 7.59. The molecule has 0 saturated carbocycles. The highest BCUT2D eigenvalue weighted by molar-refractivity contribution is 6.39. The van der Waals surface area contributed by atoms with Gasteiger partial charge < -0.3 is 15.4 Å². The topological polar surface area (TPSA) is 75.3 Å². The van der Waals surface area contributed by atoms with Gasteiger partial charge in [-0.05, 0) is 35.7 Å². The van der Waals surface area contributed by atoms with Gasteiger partial charge in [-0.15, -0.1) is 0 Å². The zero-order valence-electron chi connectivity index (χ0n) is 13.0. The molecule has 1 aliphatic carbocycles. The number of rotatable bonds is 3. The Morgan fingerprint density at radius 1 is 1.16 bits per heavy atom. The molecule has 25 heavy (non-hydrogen) atoms. The largest absolute Gasteiger partial charge is 0.340 e. The van der Waals surface area contributed by atoms with E-state index >= 15 is 0 Å². The van der Waals surface area contributed by atoms with Crippen LogP contribution in [-0.4, -0.2) is 18.1 Å². The molecular formula is C18H14ClFN2O3. The van der Waals surface area contributed by atoms with Crippen molar-refractivity contribution in [1.29, 1.82) is 0 Å². The fourth-order valence-electron chi connectivity index (χ4n) is 2.91. The SMILES string of the molecule is O=C[C@@H]1Cc2ccccc2C1NC(=O)C(=O)Nc1ccc(Cl)c(F)c1. The average molecular weight is 361 g/mol. The van der Waals surface area contributed by atoms with Crippen LogP contribution in [0.5, 0.6) is 0 Å². The van der Waals surface area contributed by atoms with Crippen molar-refractivity contribution in [2.45, 2.75) is 12.5 Å². The molecule has 0 aromatic heterocycles. The molecule has 2 amide bonds. The molecule has 128 valence electrons. The van der Waals surface area contributed by atoms with Crippen LogP contribution in [-0.2, 0) is 20.8 Å². The summed E-state index contributed by atoms with van der Waals surface area (Å²) >= 11 is 5.57. The molecule has 0 radical (unpaired) electrons. The summed E-state index contributed by atoms with van der Waals surface area (Å²) in [6.07, 6.45) is 1.28. The van der Waals surface area contributed by atoms with Crippen molar-refractivity contribution in [3.8, 4) is 0 Å². The third-order valence-electron chi connectivity index (χ3n) is 4.12. The molecule has 2 aromatic rings. The summed E-state index contributed by atoms with van der Waals surface area (Å²) in [7, 11) is 0. The van der Waals surface area contributed by atoms with Crippen LogP contribution in [0, 0.1) is 11.7 Å². The Kier molecular flexibility index (Phi) is 4.81. The van der Waals surface area contributed by atoms with Crippen LogP contribution < -0.4 is 10.6 Å². The van der Waals surface area contributed by atoms with Gasteiger partial charge in [-0.3, -0.25) is 9.59 Å². The minimum atomic E-state index is -0.948. The number of amides is 2. The van der Waals surface area contributed by atoms with Gasteiger partial charge in [0.25, 0.3) is 0 Å². The van der Waals surface area contributed by atoms with Gasteiger partial charge in [0.2, 0.25) is 0 Å². The zero-order chi connectivity index (χ0) is 18.0. The highest BCUT2D eigenvalue weighted by Gasteiger charge is 2.34. The molecular weight excluding hydrogens is 347 g/mol.